The number of rotatable bonds is 40. The van der Waals surface area contributed by atoms with Gasteiger partial charge in [-0.3, -0.25) is 4.79 Å². The van der Waals surface area contributed by atoms with Crippen LogP contribution in [-0.2, 0) is 33.2 Å². The van der Waals surface area contributed by atoms with Gasteiger partial charge in [0.1, 0.15) is 54.9 Å². The summed E-state index contributed by atoms with van der Waals surface area (Å²) in [6.07, 6.45) is 21.3. The standard InChI is InChI=1S/C49H92O14/c1-3-5-7-9-11-13-15-16-17-18-19-20-21-22-24-26-28-30-32-41(51)61-38(35-58-33-31-29-27-25-23-14-12-10-8-6-4-2)36-59-48-47(57)45(55)43(53)40(63-48)37-60-49-46(56)44(54)42(52)39(34-50)62-49/h17-18,38-40,42-50,52-57H,3-16,19-37H2,1-2H3/b18-17-. The monoisotopic (exact) mass is 905 g/mol. The number of hydrogen-bond acceptors (Lipinski definition) is 14. The second-order valence-electron chi connectivity index (χ2n) is 18.0. The van der Waals surface area contributed by atoms with Gasteiger partial charge in [0, 0.05) is 13.0 Å². The van der Waals surface area contributed by atoms with Crippen LogP contribution in [0.1, 0.15) is 194 Å². The van der Waals surface area contributed by atoms with Gasteiger partial charge in [-0.15, -0.1) is 0 Å². The lowest BCUT2D eigenvalue weighted by atomic mass is 9.98. The molecular formula is C49H92O14. The minimum Gasteiger partial charge on any atom is -0.457 e. The van der Waals surface area contributed by atoms with Crippen molar-refractivity contribution in [3.05, 3.63) is 12.2 Å². The van der Waals surface area contributed by atoms with E-state index in [2.05, 4.69) is 26.0 Å². The van der Waals surface area contributed by atoms with Gasteiger partial charge in [-0.25, -0.2) is 0 Å². The molecule has 2 saturated heterocycles. The first-order valence-electron chi connectivity index (χ1n) is 25.3. The zero-order valence-electron chi connectivity index (χ0n) is 39.3. The first kappa shape index (κ1) is 57.9. The fraction of sp³-hybridized carbons (Fsp3) is 0.939. The predicted molar refractivity (Wildman–Crippen MR) is 243 cm³/mol. The summed E-state index contributed by atoms with van der Waals surface area (Å²) in [7, 11) is 0. The maximum Gasteiger partial charge on any atom is 0.306 e. The molecule has 2 aliphatic heterocycles. The number of carbonyl (C=O) groups excluding carboxylic acids is 1. The molecule has 2 rings (SSSR count). The molecule has 7 N–H and O–H groups in total. The van der Waals surface area contributed by atoms with Crippen LogP contribution in [-0.4, -0.2) is 142 Å². The molecule has 372 valence electrons. The summed E-state index contributed by atoms with van der Waals surface area (Å²) in [5.74, 6) is -0.378. The Balaban J connectivity index is 1.76. The lowest BCUT2D eigenvalue weighted by Crippen LogP contribution is -2.61. The van der Waals surface area contributed by atoms with Crippen molar-refractivity contribution in [2.45, 2.75) is 261 Å². The number of carbonyl (C=O) groups is 1. The van der Waals surface area contributed by atoms with Gasteiger partial charge in [0.15, 0.2) is 12.6 Å². The van der Waals surface area contributed by atoms with Crippen molar-refractivity contribution in [2.24, 2.45) is 0 Å². The third-order valence-corrected chi connectivity index (χ3v) is 12.3. The predicted octanol–water partition coefficient (Wildman–Crippen LogP) is 7.07. The van der Waals surface area contributed by atoms with Crippen LogP contribution in [0, 0.1) is 0 Å². The summed E-state index contributed by atoms with van der Waals surface area (Å²) < 4.78 is 34.2. The molecular weight excluding hydrogens is 813 g/mol. The lowest BCUT2D eigenvalue weighted by molar-refractivity contribution is -0.332. The average molecular weight is 905 g/mol. The minimum absolute atomic E-state index is 0.0649. The van der Waals surface area contributed by atoms with Crippen LogP contribution < -0.4 is 0 Å². The van der Waals surface area contributed by atoms with Gasteiger partial charge in [0.05, 0.1) is 26.4 Å². The first-order valence-corrected chi connectivity index (χ1v) is 25.3. The smallest absolute Gasteiger partial charge is 0.306 e. The van der Waals surface area contributed by atoms with Crippen molar-refractivity contribution in [1.29, 1.82) is 0 Å². The number of hydrogen-bond donors (Lipinski definition) is 7. The van der Waals surface area contributed by atoms with Gasteiger partial charge >= 0.3 is 5.97 Å². The van der Waals surface area contributed by atoms with Crippen LogP contribution in [0.5, 0.6) is 0 Å². The number of aliphatic hydroxyl groups excluding tert-OH is 7. The van der Waals surface area contributed by atoms with Gasteiger partial charge in [-0.1, -0.05) is 161 Å². The molecule has 11 atom stereocenters. The van der Waals surface area contributed by atoms with Gasteiger partial charge in [0.25, 0.3) is 0 Å². The number of aliphatic hydroxyl groups is 7. The van der Waals surface area contributed by atoms with Gasteiger partial charge in [-0.05, 0) is 38.5 Å². The fourth-order valence-electron chi connectivity index (χ4n) is 8.10. The molecule has 2 aliphatic rings. The maximum absolute atomic E-state index is 13.0. The van der Waals surface area contributed by atoms with Crippen molar-refractivity contribution >= 4 is 5.97 Å². The average Bonchev–Trinajstić information content (AvgIpc) is 3.28. The summed E-state index contributed by atoms with van der Waals surface area (Å²) in [5.41, 5.74) is 0. The molecule has 0 spiro atoms. The molecule has 0 aromatic carbocycles. The molecule has 0 radical (unpaired) electrons. The van der Waals surface area contributed by atoms with E-state index in [0.717, 1.165) is 44.9 Å². The van der Waals surface area contributed by atoms with Crippen molar-refractivity contribution in [1.82, 2.24) is 0 Å². The van der Waals surface area contributed by atoms with Crippen LogP contribution in [0.3, 0.4) is 0 Å². The summed E-state index contributed by atoms with van der Waals surface area (Å²) in [6.45, 7) is 3.69. The Morgan fingerprint density at radius 1 is 0.508 bits per heavy atom. The molecule has 0 aromatic rings. The molecule has 2 heterocycles. The normalized spacial score (nSPS) is 27.0. The summed E-state index contributed by atoms with van der Waals surface area (Å²) >= 11 is 0. The van der Waals surface area contributed by atoms with Crippen molar-refractivity contribution in [2.75, 3.05) is 33.0 Å². The largest absolute Gasteiger partial charge is 0.457 e. The van der Waals surface area contributed by atoms with E-state index in [-0.39, 0.29) is 25.6 Å². The van der Waals surface area contributed by atoms with Gasteiger partial charge in [0.2, 0.25) is 0 Å². The van der Waals surface area contributed by atoms with Crippen LogP contribution in [0.25, 0.3) is 0 Å². The number of unbranched alkanes of at least 4 members (excludes halogenated alkanes) is 24. The molecule has 14 nitrogen and oxygen atoms in total. The number of esters is 1. The second kappa shape index (κ2) is 37.8. The summed E-state index contributed by atoms with van der Waals surface area (Å²) in [6, 6.07) is 0. The van der Waals surface area contributed by atoms with Crippen LogP contribution >= 0.6 is 0 Å². The third-order valence-electron chi connectivity index (χ3n) is 12.3. The fourth-order valence-corrected chi connectivity index (χ4v) is 8.10. The SMILES string of the molecule is CCCCCCCCC/C=C\CCCCCCCCCC(=O)OC(COCCCCCCCCCCCCC)COC1OC(COC2OC(CO)C(O)C(O)C2O)C(O)C(O)C1O. The minimum atomic E-state index is -1.70. The Bertz CT molecular complexity index is 1100. The highest BCUT2D eigenvalue weighted by Gasteiger charge is 2.47. The Kier molecular flexibility index (Phi) is 34.7. The number of allylic oxidation sites excluding steroid dienone is 2. The molecule has 0 aliphatic carbocycles. The van der Waals surface area contributed by atoms with Crippen LogP contribution in [0.2, 0.25) is 0 Å². The zero-order valence-corrected chi connectivity index (χ0v) is 39.3. The van der Waals surface area contributed by atoms with E-state index in [4.69, 9.17) is 28.4 Å². The van der Waals surface area contributed by atoms with E-state index < -0.39 is 80.7 Å². The Morgan fingerprint density at radius 3 is 1.44 bits per heavy atom. The second-order valence-corrected chi connectivity index (χ2v) is 18.0. The Labute approximate surface area is 380 Å². The van der Waals surface area contributed by atoms with E-state index in [1.165, 1.54) is 122 Å². The Morgan fingerprint density at radius 2 is 0.937 bits per heavy atom. The van der Waals surface area contributed by atoms with Crippen molar-refractivity contribution < 1.29 is 69.0 Å². The third kappa shape index (κ3) is 26.0. The van der Waals surface area contributed by atoms with E-state index in [1.54, 1.807) is 0 Å². The van der Waals surface area contributed by atoms with E-state index in [0.29, 0.717) is 13.0 Å². The highest BCUT2D eigenvalue weighted by molar-refractivity contribution is 5.69. The van der Waals surface area contributed by atoms with E-state index in [1.807, 2.05) is 0 Å². The van der Waals surface area contributed by atoms with Crippen LogP contribution in [0.15, 0.2) is 12.2 Å². The molecule has 2 fully saturated rings. The highest BCUT2D eigenvalue weighted by atomic mass is 16.7. The van der Waals surface area contributed by atoms with Crippen molar-refractivity contribution in [3.8, 4) is 0 Å². The summed E-state index contributed by atoms with van der Waals surface area (Å²) in [4.78, 5) is 13.0. The van der Waals surface area contributed by atoms with Crippen molar-refractivity contribution in [3.63, 3.8) is 0 Å². The maximum atomic E-state index is 13.0. The first-order chi connectivity index (χ1) is 30.6. The highest BCUT2D eigenvalue weighted by Crippen LogP contribution is 2.26. The molecule has 14 heteroatoms. The Hall–Kier alpha value is -1.27. The van der Waals surface area contributed by atoms with Crippen LogP contribution in [0.4, 0.5) is 0 Å². The molecule has 63 heavy (non-hydrogen) atoms. The van der Waals surface area contributed by atoms with E-state index >= 15 is 0 Å². The zero-order chi connectivity index (χ0) is 45.9. The van der Waals surface area contributed by atoms with Gasteiger partial charge in [-0.2, -0.15) is 0 Å². The molecule has 0 amide bonds. The van der Waals surface area contributed by atoms with E-state index in [9.17, 15) is 40.5 Å². The van der Waals surface area contributed by atoms with Gasteiger partial charge < -0.3 is 64.2 Å². The topological polar surface area (TPSA) is 214 Å². The molecule has 11 unspecified atom stereocenters. The molecule has 0 bridgehead atoms. The molecule has 0 aromatic heterocycles. The quantitative estimate of drug-likeness (QED) is 0.0186. The summed E-state index contributed by atoms with van der Waals surface area (Å²) in [5, 5.41) is 72.0. The lowest BCUT2D eigenvalue weighted by Gasteiger charge is -2.42. The number of ether oxygens (including phenoxy) is 6. The molecule has 0 saturated carbocycles.